The molecule has 0 saturated heterocycles. The van der Waals surface area contributed by atoms with Crippen LogP contribution in [0.5, 0.6) is 5.75 Å². The van der Waals surface area contributed by atoms with Crippen molar-refractivity contribution in [1.82, 2.24) is 4.72 Å². The lowest BCUT2D eigenvalue weighted by Gasteiger charge is -2.10. The van der Waals surface area contributed by atoms with Gasteiger partial charge >= 0.3 is 0 Å². The van der Waals surface area contributed by atoms with Gasteiger partial charge in [0, 0.05) is 5.69 Å². The van der Waals surface area contributed by atoms with Crippen molar-refractivity contribution in [2.75, 3.05) is 12.4 Å². The summed E-state index contributed by atoms with van der Waals surface area (Å²) in [5.41, 5.74) is 0.0195. The third-order valence-corrected chi connectivity index (χ3v) is 5.26. The molecule has 3 aromatic rings. The first-order chi connectivity index (χ1) is 13.4. The minimum atomic E-state index is -3.96. The number of hydrogen-bond donors (Lipinski definition) is 2. The molecule has 0 aliphatic heterocycles. The molecular weight excluding hydrogens is 387 g/mol. The van der Waals surface area contributed by atoms with Crippen LogP contribution in [0.25, 0.3) is 0 Å². The number of anilines is 1. The monoisotopic (exact) mass is 404 g/mol. The Morgan fingerprint density at radius 2 is 1.89 bits per heavy atom. The van der Waals surface area contributed by atoms with Crippen LogP contribution >= 0.6 is 0 Å². The summed E-state index contributed by atoms with van der Waals surface area (Å²) in [5.74, 6) is -0.593. The van der Waals surface area contributed by atoms with Crippen molar-refractivity contribution in [3.63, 3.8) is 0 Å². The third-order valence-electron chi connectivity index (χ3n) is 3.86. The molecule has 0 aliphatic rings. The average Bonchev–Trinajstić information content (AvgIpc) is 3.21. The molecule has 2 N–H and O–H groups in total. The predicted octanol–water partition coefficient (Wildman–Crippen LogP) is 3.16. The van der Waals surface area contributed by atoms with Crippen LogP contribution in [0, 0.1) is 5.82 Å². The van der Waals surface area contributed by atoms with Crippen LogP contribution in [0.1, 0.15) is 16.1 Å². The van der Waals surface area contributed by atoms with E-state index in [0.29, 0.717) is 17.2 Å². The number of methoxy groups -OCH3 is 1. The lowest BCUT2D eigenvalue weighted by Crippen LogP contribution is -2.24. The van der Waals surface area contributed by atoms with Crippen LogP contribution < -0.4 is 14.8 Å². The molecule has 0 aliphatic carbocycles. The number of carbonyl (C=O) groups excluding carboxylic acids is 1. The van der Waals surface area contributed by atoms with Crippen LogP contribution in [0.2, 0.25) is 0 Å². The molecule has 0 unspecified atom stereocenters. The zero-order chi connectivity index (χ0) is 20.1. The van der Waals surface area contributed by atoms with E-state index in [9.17, 15) is 17.6 Å². The summed E-state index contributed by atoms with van der Waals surface area (Å²) in [6.45, 7) is -0.0694. The van der Waals surface area contributed by atoms with Gasteiger partial charge in [0.05, 0.1) is 30.4 Å². The first kappa shape index (κ1) is 19.6. The summed E-state index contributed by atoms with van der Waals surface area (Å²) in [7, 11) is -2.46. The first-order valence-electron chi connectivity index (χ1n) is 8.16. The number of nitrogens with one attached hydrogen (secondary N) is 2. The van der Waals surface area contributed by atoms with Gasteiger partial charge in [0.1, 0.15) is 17.3 Å². The fourth-order valence-electron chi connectivity index (χ4n) is 2.38. The second-order valence-electron chi connectivity index (χ2n) is 5.73. The number of halogens is 1. The molecule has 1 amide bonds. The van der Waals surface area contributed by atoms with Gasteiger partial charge in [-0.05, 0) is 54.6 Å². The summed E-state index contributed by atoms with van der Waals surface area (Å²) in [6, 6.07) is 12.7. The maximum atomic E-state index is 14.1. The van der Waals surface area contributed by atoms with E-state index in [1.54, 1.807) is 36.4 Å². The minimum Gasteiger partial charge on any atom is -0.497 e. The highest BCUT2D eigenvalue weighted by atomic mass is 32.2. The number of furan rings is 1. The molecule has 1 heterocycles. The van der Waals surface area contributed by atoms with Crippen molar-refractivity contribution in [2.24, 2.45) is 0 Å². The van der Waals surface area contributed by atoms with Crippen LogP contribution in [0.15, 0.2) is 70.2 Å². The average molecular weight is 404 g/mol. The van der Waals surface area contributed by atoms with Crippen molar-refractivity contribution in [3.05, 3.63) is 78.0 Å². The largest absolute Gasteiger partial charge is 0.497 e. The minimum absolute atomic E-state index is 0.0694. The molecule has 9 heteroatoms. The summed E-state index contributed by atoms with van der Waals surface area (Å²) < 4.78 is 51.4. The first-order valence-corrected chi connectivity index (χ1v) is 9.64. The van der Waals surface area contributed by atoms with E-state index < -0.39 is 27.3 Å². The Hall–Kier alpha value is -3.17. The number of sulfonamides is 1. The van der Waals surface area contributed by atoms with Crippen LogP contribution in [0.3, 0.4) is 0 Å². The highest BCUT2D eigenvalue weighted by molar-refractivity contribution is 7.89. The molecular formula is C19H17FN2O5S. The van der Waals surface area contributed by atoms with Gasteiger partial charge in [-0.2, -0.15) is 0 Å². The fraction of sp³-hybridized carbons (Fsp3) is 0.105. The molecule has 0 radical (unpaired) electrons. The van der Waals surface area contributed by atoms with Crippen molar-refractivity contribution in [1.29, 1.82) is 0 Å². The van der Waals surface area contributed by atoms with Gasteiger partial charge in [-0.1, -0.05) is 0 Å². The Morgan fingerprint density at radius 1 is 1.14 bits per heavy atom. The smallest absolute Gasteiger partial charge is 0.258 e. The Labute approximate surface area is 161 Å². The van der Waals surface area contributed by atoms with E-state index in [1.807, 2.05) is 0 Å². The second kappa shape index (κ2) is 8.24. The molecule has 7 nitrogen and oxygen atoms in total. The van der Waals surface area contributed by atoms with Crippen LogP contribution in [-0.2, 0) is 16.6 Å². The van der Waals surface area contributed by atoms with Crippen molar-refractivity contribution in [2.45, 2.75) is 11.4 Å². The zero-order valence-electron chi connectivity index (χ0n) is 14.8. The zero-order valence-corrected chi connectivity index (χ0v) is 15.6. The Morgan fingerprint density at radius 3 is 2.54 bits per heavy atom. The van der Waals surface area contributed by atoms with E-state index in [4.69, 9.17) is 9.15 Å². The van der Waals surface area contributed by atoms with E-state index in [1.165, 1.54) is 13.4 Å². The maximum absolute atomic E-state index is 14.1. The normalized spacial score (nSPS) is 11.2. The van der Waals surface area contributed by atoms with E-state index in [2.05, 4.69) is 10.0 Å². The van der Waals surface area contributed by atoms with Gasteiger partial charge in [-0.3, -0.25) is 4.79 Å². The molecule has 0 saturated carbocycles. The van der Waals surface area contributed by atoms with Crippen molar-refractivity contribution in [3.8, 4) is 5.75 Å². The molecule has 0 fully saturated rings. The van der Waals surface area contributed by atoms with Crippen molar-refractivity contribution >= 4 is 21.6 Å². The molecule has 28 heavy (non-hydrogen) atoms. The molecule has 2 aromatic carbocycles. The van der Waals surface area contributed by atoms with Gasteiger partial charge < -0.3 is 14.5 Å². The number of hydrogen-bond acceptors (Lipinski definition) is 5. The number of ether oxygens (including phenoxy) is 1. The molecule has 3 rings (SSSR count). The van der Waals surface area contributed by atoms with Gasteiger partial charge in [0.2, 0.25) is 10.0 Å². The summed E-state index contributed by atoms with van der Waals surface area (Å²) in [4.78, 5) is 12.2. The van der Waals surface area contributed by atoms with E-state index in [0.717, 1.165) is 18.2 Å². The van der Waals surface area contributed by atoms with Gasteiger partial charge in [-0.25, -0.2) is 17.5 Å². The highest BCUT2D eigenvalue weighted by Crippen LogP contribution is 2.19. The van der Waals surface area contributed by atoms with Gasteiger partial charge in [0.25, 0.3) is 5.91 Å². The number of carbonyl (C=O) groups is 1. The summed E-state index contributed by atoms with van der Waals surface area (Å²) >= 11 is 0. The fourth-order valence-corrected chi connectivity index (χ4v) is 3.40. The lowest BCUT2D eigenvalue weighted by molar-refractivity contribution is 0.102. The molecule has 0 bridgehead atoms. The lowest BCUT2D eigenvalue weighted by atomic mass is 10.2. The Bertz CT molecular complexity index is 1060. The van der Waals surface area contributed by atoms with Crippen molar-refractivity contribution < 1.29 is 26.8 Å². The molecule has 1 aromatic heterocycles. The second-order valence-corrected chi connectivity index (χ2v) is 7.50. The van der Waals surface area contributed by atoms with Crippen LogP contribution in [-0.4, -0.2) is 21.4 Å². The topological polar surface area (TPSA) is 97.6 Å². The SMILES string of the molecule is COc1ccc(NC(=O)c2cc(S(=O)(=O)NCc3ccco3)ccc2F)cc1. The number of rotatable bonds is 7. The number of benzene rings is 2. The highest BCUT2D eigenvalue weighted by Gasteiger charge is 2.20. The summed E-state index contributed by atoms with van der Waals surface area (Å²) in [5, 5.41) is 2.52. The Balaban J connectivity index is 1.78. The number of amides is 1. The Kier molecular flexibility index (Phi) is 5.76. The standard InChI is InChI=1S/C19H17FN2O5S/c1-26-14-6-4-13(5-7-14)22-19(23)17-11-16(8-9-18(17)20)28(24,25)21-12-15-3-2-10-27-15/h2-11,21H,12H2,1H3,(H,22,23). The van der Waals surface area contributed by atoms with E-state index in [-0.39, 0.29) is 11.4 Å². The third kappa shape index (κ3) is 4.56. The van der Waals surface area contributed by atoms with Gasteiger partial charge in [-0.15, -0.1) is 0 Å². The van der Waals surface area contributed by atoms with E-state index >= 15 is 0 Å². The molecule has 0 atom stereocenters. The van der Waals surface area contributed by atoms with Gasteiger partial charge in [0.15, 0.2) is 0 Å². The molecule has 146 valence electrons. The van der Waals surface area contributed by atoms with Crippen LogP contribution in [0.4, 0.5) is 10.1 Å². The predicted molar refractivity (Wildman–Crippen MR) is 100 cm³/mol. The maximum Gasteiger partial charge on any atom is 0.258 e. The summed E-state index contributed by atoms with van der Waals surface area (Å²) in [6.07, 6.45) is 1.42. The quantitative estimate of drug-likeness (QED) is 0.630. The molecule has 0 spiro atoms.